The zero-order chi connectivity index (χ0) is 17.4. The Hall–Kier alpha value is -3.28. The van der Waals surface area contributed by atoms with Crippen LogP contribution < -0.4 is 10.6 Å². The first-order valence-corrected chi connectivity index (χ1v) is 7.29. The summed E-state index contributed by atoms with van der Waals surface area (Å²) in [7, 11) is 0. The molecule has 0 atom stereocenters. The van der Waals surface area contributed by atoms with E-state index in [-0.39, 0.29) is 45.6 Å². The van der Waals surface area contributed by atoms with Crippen LogP contribution in [0.5, 0.6) is 0 Å². The van der Waals surface area contributed by atoms with Gasteiger partial charge in [0.05, 0.1) is 0 Å². The average molecular weight is 322 g/mol. The Balaban J connectivity index is 2.07. The molecule has 2 aromatic rings. The number of carbonyl (C=O) groups excluding carboxylic acids is 4. The molecule has 0 aromatic heterocycles. The van der Waals surface area contributed by atoms with E-state index < -0.39 is 0 Å². The molecule has 0 saturated carbocycles. The summed E-state index contributed by atoms with van der Waals surface area (Å²) in [5, 5.41) is 5.19. The lowest BCUT2D eigenvalue weighted by atomic mass is 9.83. The second-order valence-corrected chi connectivity index (χ2v) is 5.54. The van der Waals surface area contributed by atoms with Gasteiger partial charge in [-0.15, -0.1) is 0 Å². The standard InChI is InChI=1S/C18H14N2O4/c1-9(21)19-11-3-5-13-15(7-11)17(23)14-6-4-12(20-10(2)22)8-16(14)18(13)24/h3-8H,1-2H3,(H,19,21)(H,20,22). The van der Waals surface area contributed by atoms with E-state index >= 15 is 0 Å². The maximum absolute atomic E-state index is 12.7. The highest BCUT2D eigenvalue weighted by atomic mass is 16.2. The molecule has 6 nitrogen and oxygen atoms in total. The molecular weight excluding hydrogens is 308 g/mol. The minimum Gasteiger partial charge on any atom is -0.326 e. The molecule has 0 unspecified atom stereocenters. The van der Waals surface area contributed by atoms with Crippen LogP contribution in [0.3, 0.4) is 0 Å². The van der Waals surface area contributed by atoms with Crippen molar-refractivity contribution in [2.24, 2.45) is 0 Å². The molecule has 1 aliphatic carbocycles. The number of ketones is 2. The van der Waals surface area contributed by atoms with Crippen molar-refractivity contribution < 1.29 is 19.2 Å². The van der Waals surface area contributed by atoms with Crippen LogP contribution >= 0.6 is 0 Å². The summed E-state index contributed by atoms with van der Waals surface area (Å²) in [5.74, 6) is -1.10. The van der Waals surface area contributed by atoms with Crippen LogP contribution in [0.25, 0.3) is 0 Å². The quantitative estimate of drug-likeness (QED) is 0.757. The molecule has 0 fully saturated rings. The maximum atomic E-state index is 12.7. The third-order valence-corrected chi connectivity index (χ3v) is 3.66. The molecule has 2 amide bonds. The number of anilines is 2. The number of carbonyl (C=O) groups is 4. The molecule has 24 heavy (non-hydrogen) atoms. The number of hydrogen-bond acceptors (Lipinski definition) is 4. The topological polar surface area (TPSA) is 92.3 Å². The number of benzene rings is 2. The summed E-state index contributed by atoms with van der Waals surface area (Å²) in [6, 6.07) is 9.20. The smallest absolute Gasteiger partial charge is 0.221 e. The summed E-state index contributed by atoms with van der Waals surface area (Å²) in [6.45, 7) is 2.73. The Morgan fingerprint density at radius 2 is 1.04 bits per heavy atom. The zero-order valence-corrected chi connectivity index (χ0v) is 13.1. The number of rotatable bonds is 2. The van der Waals surface area contributed by atoms with Crippen molar-refractivity contribution in [3.8, 4) is 0 Å². The first kappa shape index (κ1) is 15.6. The lowest BCUT2D eigenvalue weighted by Crippen LogP contribution is -2.22. The summed E-state index contributed by atoms with van der Waals surface area (Å²) in [4.78, 5) is 47.7. The Morgan fingerprint density at radius 1 is 0.667 bits per heavy atom. The second kappa shape index (κ2) is 5.73. The van der Waals surface area contributed by atoms with Crippen molar-refractivity contribution in [1.29, 1.82) is 0 Å². The molecule has 0 spiro atoms. The van der Waals surface area contributed by atoms with Gasteiger partial charge < -0.3 is 10.6 Å². The Labute approximate surface area is 137 Å². The first-order chi connectivity index (χ1) is 11.4. The minimum atomic E-state index is -0.291. The zero-order valence-electron chi connectivity index (χ0n) is 13.1. The van der Waals surface area contributed by atoms with Crippen LogP contribution in [0, 0.1) is 0 Å². The molecule has 6 heteroatoms. The molecule has 3 rings (SSSR count). The van der Waals surface area contributed by atoms with Gasteiger partial charge in [-0.3, -0.25) is 19.2 Å². The van der Waals surface area contributed by atoms with E-state index in [4.69, 9.17) is 0 Å². The summed E-state index contributed by atoms with van der Waals surface area (Å²) < 4.78 is 0. The lowest BCUT2D eigenvalue weighted by Gasteiger charge is -2.19. The highest BCUT2D eigenvalue weighted by molar-refractivity contribution is 6.29. The summed E-state index contributed by atoms with van der Waals surface area (Å²) in [5.41, 5.74) is 1.99. The molecule has 2 aromatic carbocycles. The monoisotopic (exact) mass is 322 g/mol. The van der Waals surface area contributed by atoms with E-state index in [0.717, 1.165) is 0 Å². The highest BCUT2D eigenvalue weighted by Gasteiger charge is 2.30. The highest BCUT2D eigenvalue weighted by Crippen LogP contribution is 2.30. The summed E-state index contributed by atoms with van der Waals surface area (Å²) >= 11 is 0. The van der Waals surface area contributed by atoms with Gasteiger partial charge in [-0.25, -0.2) is 0 Å². The van der Waals surface area contributed by atoms with Gasteiger partial charge in [0.1, 0.15) is 0 Å². The van der Waals surface area contributed by atoms with Crippen LogP contribution in [-0.2, 0) is 9.59 Å². The molecule has 120 valence electrons. The Morgan fingerprint density at radius 3 is 1.38 bits per heavy atom. The van der Waals surface area contributed by atoms with Crippen LogP contribution in [0.15, 0.2) is 36.4 Å². The van der Waals surface area contributed by atoms with Crippen molar-refractivity contribution in [1.82, 2.24) is 0 Å². The van der Waals surface area contributed by atoms with Crippen LogP contribution in [0.2, 0.25) is 0 Å². The Kier molecular flexibility index (Phi) is 3.73. The van der Waals surface area contributed by atoms with Gasteiger partial charge in [-0.2, -0.15) is 0 Å². The van der Waals surface area contributed by atoms with E-state index in [0.29, 0.717) is 11.4 Å². The predicted molar refractivity (Wildman–Crippen MR) is 88.4 cm³/mol. The largest absolute Gasteiger partial charge is 0.326 e. The van der Waals surface area contributed by atoms with E-state index in [1.807, 2.05) is 0 Å². The normalized spacial score (nSPS) is 12.2. The second-order valence-electron chi connectivity index (χ2n) is 5.54. The fraction of sp³-hybridized carbons (Fsp3) is 0.111. The van der Waals surface area contributed by atoms with Gasteiger partial charge in [0, 0.05) is 47.5 Å². The van der Waals surface area contributed by atoms with Crippen LogP contribution in [0.4, 0.5) is 11.4 Å². The molecule has 0 bridgehead atoms. The van der Waals surface area contributed by atoms with Gasteiger partial charge in [0.25, 0.3) is 0 Å². The van der Waals surface area contributed by atoms with Gasteiger partial charge in [0.15, 0.2) is 11.6 Å². The lowest BCUT2D eigenvalue weighted by molar-refractivity contribution is -0.115. The van der Waals surface area contributed by atoms with Gasteiger partial charge in [0.2, 0.25) is 11.8 Å². The number of nitrogens with one attached hydrogen (secondary N) is 2. The van der Waals surface area contributed by atoms with Gasteiger partial charge in [-0.1, -0.05) is 0 Å². The van der Waals surface area contributed by atoms with E-state index in [1.54, 1.807) is 12.1 Å². The van der Waals surface area contributed by atoms with E-state index in [9.17, 15) is 19.2 Å². The van der Waals surface area contributed by atoms with Crippen molar-refractivity contribution in [3.63, 3.8) is 0 Å². The number of fused-ring (bicyclic) bond motifs is 2. The van der Waals surface area contributed by atoms with Crippen molar-refractivity contribution in [3.05, 3.63) is 58.7 Å². The number of hydrogen-bond donors (Lipinski definition) is 2. The van der Waals surface area contributed by atoms with Gasteiger partial charge in [-0.05, 0) is 36.4 Å². The first-order valence-electron chi connectivity index (χ1n) is 7.29. The molecule has 0 saturated heterocycles. The average Bonchev–Trinajstić information content (AvgIpc) is 2.51. The van der Waals surface area contributed by atoms with Crippen LogP contribution in [-0.4, -0.2) is 23.4 Å². The van der Waals surface area contributed by atoms with Crippen molar-refractivity contribution in [2.45, 2.75) is 13.8 Å². The van der Waals surface area contributed by atoms with Crippen LogP contribution in [0.1, 0.15) is 45.7 Å². The Bertz CT molecular complexity index is 840. The summed E-state index contributed by atoms with van der Waals surface area (Å²) in [6.07, 6.45) is 0. The fourth-order valence-corrected chi connectivity index (χ4v) is 2.71. The molecular formula is C18H14N2O4. The molecule has 0 heterocycles. The third-order valence-electron chi connectivity index (χ3n) is 3.66. The predicted octanol–water partition coefficient (Wildman–Crippen LogP) is 2.38. The molecule has 2 N–H and O–H groups in total. The minimum absolute atomic E-state index is 0.256. The maximum Gasteiger partial charge on any atom is 0.221 e. The van der Waals surface area contributed by atoms with E-state index in [2.05, 4.69) is 10.6 Å². The molecule has 0 aliphatic heterocycles. The number of amides is 2. The fourth-order valence-electron chi connectivity index (χ4n) is 2.71. The third kappa shape index (κ3) is 2.69. The molecule has 1 aliphatic rings. The SMILES string of the molecule is CC(=O)Nc1ccc2c(c1)C(=O)c1ccc(NC(C)=O)cc1C2=O. The van der Waals surface area contributed by atoms with Crippen molar-refractivity contribution in [2.75, 3.05) is 10.6 Å². The van der Waals surface area contributed by atoms with Crippen molar-refractivity contribution >= 4 is 34.8 Å². The molecule has 0 radical (unpaired) electrons. The van der Waals surface area contributed by atoms with E-state index in [1.165, 1.54) is 38.1 Å². The van der Waals surface area contributed by atoms with Gasteiger partial charge >= 0.3 is 0 Å².